The predicted octanol–water partition coefficient (Wildman–Crippen LogP) is 3.94. The van der Waals surface area contributed by atoms with Crippen LogP contribution in [0, 0.1) is 5.92 Å². The third-order valence-electron chi connectivity index (χ3n) is 2.24. The largest absolute Gasteiger partial charge is 0.352 e. The van der Waals surface area contributed by atoms with Crippen molar-refractivity contribution in [1.29, 1.82) is 0 Å². The molecular weight excluding hydrogens is 254 g/mol. The molecule has 0 amide bonds. The molecule has 5 heteroatoms. The molecule has 0 radical (unpaired) electrons. The Balaban J connectivity index is 3.69. The van der Waals surface area contributed by atoms with Crippen molar-refractivity contribution in [2.75, 3.05) is 6.61 Å². The summed E-state index contributed by atoms with van der Waals surface area (Å²) in [6.45, 7) is 4.65. The van der Waals surface area contributed by atoms with Gasteiger partial charge < -0.3 is 9.42 Å². The van der Waals surface area contributed by atoms with Gasteiger partial charge in [-0.05, 0) is 45.4 Å². The molecule has 2 nitrogen and oxygen atoms in total. The molecule has 0 saturated heterocycles. The molecule has 92 valence electrons. The Kier molecular flexibility index (Phi) is 10.7. The lowest BCUT2D eigenvalue weighted by molar-refractivity contribution is 0.292. The Bertz CT molecular complexity index is 135. The van der Waals surface area contributed by atoms with Crippen molar-refractivity contribution in [3.05, 3.63) is 0 Å². The predicted molar refractivity (Wildman–Crippen MR) is 69.1 cm³/mol. The van der Waals surface area contributed by atoms with Gasteiger partial charge in [-0.1, -0.05) is 0 Å². The molecule has 0 fully saturated rings. The monoisotopic (exact) mass is 274 g/mol. The SMILES string of the molecule is CC(Cl)CC(CCCOPO)CC(C)Cl. The first kappa shape index (κ1) is 15.9. The molecule has 0 aromatic rings. The van der Waals surface area contributed by atoms with Crippen LogP contribution in [0.1, 0.15) is 39.5 Å². The van der Waals surface area contributed by atoms with E-state index in [0.717, 1.165) is 25.7 Å². The normalized spacial score (nSPS) is 18.2. The molecule has 0 rings (SSSR count). The molecule has 0 heterocycles. The van der Waals surface area contributed by atoms with Gasteiger partial charge in [-0.25, -0.2) is 0 Å². The first-order valence-corrected chi connectivity index (χ1v) is 7.08. The van der Waals surface area contributed by atoms with Gasteiger partial charge in [0.2, 0.25) is 0 Å². The van der Waals surface area contributed by atoms with Crippen molar-refractivity contribution in [3.63, 3.8) is 0 Å². The summed E-state index contributed by atoms with van der Waals surface area (Å²) in [5.41, 5.74) is 0. The van der Waals surface area contributed by atoms with E-state index < -0.39 is 9.03 Å². The van der Waals surface area contributed by atoms with Crippen molar-refractivity contribution in [1.82, 2.24) is 0 Å². The standard InChI is InChI=1S/C10H21Cl2O2P/c1-8(11)6-10(7-9(2)12)4-3-5-14-15-13/h8-10,13,15H,3-7H2,1-2H3. The second-order valence-corrected chi connectivity index (χ2v) is 5.94. The van der Waals surface area contributed by atoms with E-state index in [-0.39, 0.29) is 10.8 Å². The van der Waals surface area contributed by atoms with Crippen LogP contribution >= 0.6 is 32.2 Å². The van der Waals surface area contributed by atoms with Gasteiger partial charge in [-0.3, -0.25) is 0 Å². The first-order chi connectivity index (χ1) is 7.06. The van der Waals surface area contributed by atoms with Gasteiger partial charge in [0.25, 0.3) is 0 Å². The van der Waals surface area contributed by atoms with E-state index in [1.807, 2.05) is 13.8 Å². The summed E-state index contributed by atoms with van der Waals surface area (Å²) < 4.78 is 4.91. The number of rotatable bonds is 9. The van der Waals surface area contributed by atoms with Crippen molar-refractivity contribution in [2.45, 2.75) is 50.3 Å². The molecule has 1 N–H and O–H groups in total. The first-order valence-electron chi connectivity index (χ1n) is 5.35. The van der Waals surface area contributed by atoms with E-state index in [2.05, 4.69) is 0 Å². The van der Waals surface area contributed by atoms with Gasteiger partial charge >= 0.3 is 0 Å². The molecule has 0 bridgehead atoms. The van der Waals surface area contributed by atoms with E-state index in [0.29, 0.717) is 12.5 Å². The van der Waals surface area contributed by atoms with Gasteiger partial charge in [0.05, 0.1) is 6.61 Å². The zero-order valence-corrected chi connectivity index (χ0v) is 11.9. The lowest BCUT2D eigenvalue weighted by Crippen LogP contribution is -2.11. The van der Waals surface area contributed by atoms with E-state index >= 15 is 0 Å². The Morgan fingerprint density at radius 3 is 2.13 bits per heavy atom. The highest BCUT2D eigenvalue weighted by atomic mass is 35.5. The third kappa shape index (κ3) is 11.2. The van der Waals surface area contributed by atoms with Crippen molar-refractivity contribution < 1.29 is 9.42 Å². The number of hydrogen-bond donors (Lipinski definition) is 1. The van der Waals surface area contributed by atoms with Gasteiger partial charge in [0, 0.05) is 10.8 Å². The second kappa shape index (κ2) is 10.1. The van der Waals surface area contributed by atoms with Crippen molar-refractivity contribution in [2.24, 2.45) is 5.92 Å². The maximum atomic E-state index is 8.49. The van der Waals surface area contributed by atoms with Gasteiger partial charge in [-0.2, -0.15) is 0 Å². The minimum absolute atomic E-state index is 0.200. The second-order valence-electron chi connectivity index (χ2n) is 3.98. The Morgan fingerprint density at radius 1 is 1.20 bits per heavy atom. The minimum atomic E-state index is -0.399. The average Bonchev–Trinajstić information content (AvgIpc) is 2.10. The van der Waals surface area contributed by atoms with Crippen LogP contribution in [0.25, 0.3) is 0 Å². The topological polar surface area (TPSA) is 29.5 Å². The van der Waals surface area contributed by atoms with Crippen LogP contribution in [-0.4, -0.2) is 22.3 Å². The summed E-state index contributed by atoms with van der Waals surface area (Å²) in [5.74, 6) is 0.565. The Labute approximate surface area is 105 Å². The zero-order chi connectivity index (χ0) is 11.7. The summed E-state index contributed by atoms with van der Waals surface area (Å²) in [6.07, 6.45) is 4.03. The molecule has 0 aliphatic carbocycles. The zero-order valence-electron chi connectivity index (χ0n) is 9.38. The van der Waals surface area contributed by atoms with Crippen LogP contribution < -0.4 is 0 Å². The van der Waals surface area contributed by atoms with E-state index in [1.165, 1.54) is 0 Å². The summed E-state index contributed by atoms with van der Waals surface area (Å²) in [5, 5.41) is 0.400. The van der Waals surface area contributed by atoms with Gasteiger partial charge in [0.15, 0.2) is 9.03 Å². The number of alkyl halides is 2. The van der Waals surface area contributed by atoms with Crippen molar-refractivity contribution in [3.8, 4) is 0 Å². The van der Waals surface area contributed by atoms with Crippen molar-refractivity contribution >= 4 is 32.2 Å². The molecule has 15 heavy (non-hydrogen) atoms. The van der Waals surface area contributed by atoms with Crippen LogP contribution in [0.5, 0.6) is 0 Å². The molecule has 0 aliphatic rings. The van der Waals surface area contributed by atoms with Crippen LogP contribution in [0.2, 0.25) is 0 Å². The lowest BCUT2D eigenvalue weighted by atomic mass is 9.93. The number of hydrogen-bond acceptors (Lipinski definition) is 2. The smallest absolute Gasteiger partial charge is 0.152 e. The fourth-order valence-electron chi connectivity index (χ4n) is 1.74. The highest BCUT2D eigenvalue weighted by molar-refractivity contribution is 7.24. The lowest BCUT2D eigenvalue weighted by Gasteiger charge is -2.19. The van der Waals surface area contributed by atoms with Gasteiger partial charge in [0.1, 0.15) is 0 Å². The average molecular weight is 275 g/mol. The van der Waals surface area contributed by atoms with Crippen LogP contribution in [-0.2, 0) is 4.52 Å². The maximum Gasteiger partial charge on any atom is 0.152 e. The maximum absolute atomic E-state index is 8.49. The Morgan fingerprint density at radius 2 is 1.73 bits per heavy atom. The molecule has 3 atom stereocenters. The number of halogens is 2. The fourth-order valence-corrected chi connectivity index (χ4v) is 2.48. The summed E-state index contributed by atoms with van der Waals surface area (Å²) >= 11 is 12.0. The minimum Gasteiger partial charge on any atom is -0.352 e. The van der Waals surface area contributed by atoms with Gasteiger partial charge in [-0.15, -0.1) is 23.2 Å². The molecule has 0 saturated carbocycles. The molecule has 0 spiro atoms. The van der Waals surface area contributed by atoms with Crippen LogP contribution in [0.15, 0.2) is 0 Å². The Hall–Kier alpha value is 0.930. The van der Waals surface area contributed by atoms with E-state index in [4.69, 9.17) is 32.6 Å². The summed E-state index contributed by atoms with van der Waals surface area (Å²) in [6, 6.07) is 0. The molecular formula is C10H21Cl2O2P. The molecule has 0 aromatic heterocycles. The van der Waals surface area contributed by atoms with Crippen LogP contribution in [0.3, 0.4) is 0 Å². The van der Waals surface area contributed by atoms with E-state index in [9.17, 15) is 0 Å². The summed E-state index contributed by atoms with van der Waals surface area (Å²) in [7, 11) is -0.399. The van der Waals surface area contributed by atoms with E-state index in [1.54, 1.807) is 0 Å². The highest BCUT2D eigenvalue weighted by Crippen LogP contribution is 2.24. The third-order valence-corrected chi connectivity index (χ3v) is 2.93. The molecule has 0 aliphatic heterocycles. The molecule has 3 unspecified atom stereocenters. The quantitative estimate of drug-likeness (QED) is 0.392. The van der Waals surface area contributed by atoms with Crippen LogP contribution in [0.4, 0.5) is 0 Å². The highest BCUT2D eigenvalue weighted by Gasteiger charge is 2.14. The summed E-state index contributed by atoms with van der Waals surface area (Å²) in [4.78, 5) is 8.49. The molecule has 0 aromatic carbocycles. The fraction of sp³-hybridized carbons (Fsp3) is 1.00.